The van der Waals surface area contributed by atoms with E-state index in [2.05, 4.69) is 15.1 Å². The van der Waals surface area contributed by atoms with Crippen molar-refractivity contribution in [1.29, 1.82) is 4.78 Å². The van der Waals surface area contributed by atoms with Crippen LogP contribution in [-0.2, 0) is 16.1 Å². The molecule has 2 aromatic heterocycles. The molecule has 26 heavy (non-hydrogen) atoms. The summed E-state index contributed by atoms with van der Waals surface area (Å²) in [6.07, 6.45) is 4.00. The Balaban J connectivity index is 1.71. The summed E-state index contributed by atoms with van der Waals surface area (Å²) < 4.78 is 22.5. The molecule has 8 heteroatoms. The molecule has 1 aliphatic carbocycles. The summed E-state index contributed by atoms with van der Waals surface area (Å²) in [6, 6.07) is 7.62. The molecule has 0 spiro atoms. The number of hydrogen-bond acceptors (Lipinski definition) is 6. The van der Waals surface area contributed by atoms with Crippen molar-refractivity contribution in [3.63, 3.8) is 0 Å². The Labute approximate surface area is 153 Å². The fourth-order valence-electron chi connectivity index (χ4n) is 3.24. The predicted molar refractivity (Wildman–Crippen MR) is 101 cm³/mol. The molecule has 0 radical (unpaired) electrons. The van der Waals surface area contributed by atoms with Gasteiger partial charge in [-0.05, 0) is 37.5 Å². The van der Waals surface area contributed by atoms with Gasteiger partial charge in [0.1, 0.15) is 12.1 Å². The zero-order valence-corrected chi connectivity index (χ0v) is 16.0. The highest BCUT2D eigenvalue weighted by atomic mass is 32.2. The molecular formula is C18H22N6OS. The lowest BCUT2D eigenvalue weighted by atomic mass is 10.0. The third-order valence-electron chi connectivity index (χ3n) is 4.78. The third kappa shape index (κ3) is 2.84. The Hall–Kier alpha value is -2.48. The van der Waals surface area contributed by atoms with Crippen LogP contribution in [0, 0.1) is 11.7 Å². The van der Waals surface area contributed by atoms with Crippen LogP contribution >= 0.6 is 0 Å². The van der Waals surface area contributed by atoms with Crippen molar-refractivity contribution in [2.75, 3.05) is 19.0 Å². The molecule has 3 aromatic rings. The van der Waals surface area contributed by atoms with Crippen LogP contribution in [0.25, 0.3) is 5.78 Å². The molecule has 1 atom stereocenters. The summed E-state index contributed by atoms with van der Waals surface area (Å²) in [5.74, 6) is 1.54. The molecule has 1 saturated carbocycles. The van der Waals surface area contributed by atoms with Gasteiger partial charge in [0.25, 0.3) is 5.78 Å². The van der Waals surface area contributed by atoms with Crippen molar-refractivity contribution in [3.8, 4) is 0 Å². The molecule has 7 nitrogen and oxygen atoms in total. The van der Waals surface area contributed by atoms with E-state index in [1.165, 1.54) is 6.33 Å². The Kier molecular flexibility index (Phi) is 3.95. The topological polar surface area (TPSA) is 87.2 Å². The van der Waals surface area contributed by atoms with Crippen LogP contribution in [0.15, 0.2) is 35.5 Å². The van der Waals surface area contributed by atoms with Crippen LogP contribution in [0.4, 0.5) is 5.82 Å². The Morgan fingerprint density at radius 2 is 1.96 bits per heavy atom. The van der Waals surface area contributed by atoms with Crippen molar-refractivity contribution >= 4 is 21.3 Å². The van der Waals surface area contributed by atoms with Gasteiger partial charge in [0, 0.05) is 41.9 Å². The average molecular weight is 370 g/mol. The first-order valence-electron chi connectivity index (χ1n) is 8.61. The second kappa shape index (κ2) is 6.05. The second-order valence-corrected chi connectivity index (χ2v) is 9.33. The molecular weight excluding hydrogens is 348 g/mol. The lowest BCUT2D eigenvalue weighted by Crippen LogP contribution is -2.18. The maximum atomic E-state index is 12.6. The van der Waals surface area contributed by atoms with E-state index in [0.29, 0.717) is 17.1 Å². The zero-order valence-electron chi connectivity index (χ0n) is 15.1. The standard InChI is InChI=1S/C18H22N6OS/c1-12-16(17(23(2)3)24-18(22-12)20-11-21-24)10-13-4-6-14(7-5-13)26(19,25)15-8-9-15/h4-7,11,15,19H,8-10H2,1-3H3. The Morgan fingerprint density at radius 3 is 2.58 bits per heavy atom. The van der Waals surface area contributed by atoms with Gasteiger partial charge in [-0.3, -0.25) is 0 Å². The fraction of sp³-hybridized carbons (Fsp3) is 0.389. The molecule has 136 valence electrons. The van der Waals surface area contributed by atoms with E-state index in [9.17, 15) is 4.21 Å². The molecule has 2 heterocycles. The highest BCUT2D eigenvalue weighted by molar-refractivity contribution is 7.93. The van der Waals surface area contributed by atoms with Gasteiger partial charge in [0.15, 0.2) is 0 Å². The van der Waals surface area contributed by atoms with Crippen molar-refractivity contribution < 1.29 is 4.21 Å². The number of nitrogens with one attached hydrogen (secondary N) is 1. The van der Waals surface area contributed by atoms with Crippen LogP contribution in [0.5, 0.6) is 0 Å². The molecule has 4 rings (SSSR count). The van der Waals surface area contributed by atoms with E-state index in [-0.39, 0.29) is 5.25 Å². The van der Waals surface area contributed by atoms with E-state index in [0.717, 1.165) is 35.5 Å². The van der Waals surface area contributed by atoms with Crippen molar-refractivity contribution in [1.82, 2.24) is 19.6 Å². The van der Waals surface area contributed by atoms with Gasteiger partial charge in [-0.2, -0.15) is 14.6 Å². The molecule has 1 aromatic carbocycles. The summed E-state index contributed by atoms with van der Waals surface area (Å²) in [5.41, 5.74) is 3.09. The van der Waals surface area contributed by atoms with E-state index >= 15 is 0 Å². The normalized spacial score (nSPS) is 16.6. The minimum atomic E-state index is -2.65. The Bertz CT molecular complexity index is 1070. The fourth-order valence-corrected chi connectivity index (χ4v) is 4.97. The van der Waals surface area contributed by atoms with E-state index in [4.69, 9.17) is 4.78 Å². The number of hydrogen-bond donors (Lipinski definition) is 1. The average Bonchev–Trinajstić information content (AvgIpc) is 3.36. The molecule has 0 saturated heterocycles. The summed E-state index contributed by atoms with van der Waals surface area (Å²) in [7, 11) is 1.31. The molecule has 1 unspecified atom stereocenters. The largest absolute Gasteiger partial charge is 0.362 e. The number of aromatic nitrogens is 4. The van der Waals surface area contributed by atoms with Crippen LogP contribution in [0.3, 0.4) is 0 Å². The number of nitrogens with zero attached hydrogens (tertiary/aromatic N) is 5. The number of fused-ring (bicyclic) bond motifs is 1. The quantitative estimate of drug-likeness (QED) is 0.746. The Morgan fingerprint density at radius 1 is 1.27 bits per heavy atom. The highest BCUT2D eigenvalue weighted by Crippen LogP contribution is 2.34. The van der Waals surface area contributed by atoms with Crippen LogP contribution in [0.1, 0.15) is 29.7 Å². The first-order valence-corrected chi connectivity index (χ1v) is 10.2. The number of benzene rings is 1. The highest BCUT2D eigenvalue weighted by Gasteiger charge is 2.33. The number of aryl methyl sites for hydroxylation is 1. The van der Waals surface area contributed by atoms with Gasteiger partial charge in [-0.15, -0.1) is 0 Å². The molecule has 0 aliphatic heterocycles. The van der Waals surface area contributed by atoms with Gasteiger partial charge in [-0.1, -0.05) is 12.1 Å². The van der Waals surface area contributed by atoms with Gasteiger partial charge in [-0.25, -0.2) is 14.0 Å². The van der Waals surface area contributed by atoms with E-state index in [1.54, 1.807) is 4.52 Å². The van der Waals surface area contributed by atoms with Crippen LogP contribution < -0.4 is 4.90 Å². The van der Waals surface area contributed by atoms with Gasteiger partial charge in [0.05, 0.1) is 9.73 Å². The summed E-state index contributed by atoms with van der Waals surface area (Å²) in [4.78, 5) is 11.4. The second-order valence-electron chi connectivity index (χ2n) is 6.99. The van der Waals surface area contributed by atoms with E-state index in [1.807, 2.05) is 50.2 Å². The molecule has 0 amide bonds. The van der Waals surface area contributed by atoms with Crippen LogP contribution in [0.2, 0.25) is 0 Å². The molecule has 1 N–H and O–H groups in total. The van der Waals surface area contributed by atoms with E-state index < -0.39 is 9.73 Å². The predicted octanol–water partition coefficient (Wildman–Crippen LogP) is 2.66. The maximum absolute atomic E-state index is 12.6. The third-order valence-corrected chi connectivity index (χ3v) is 7.16. The molecule has 1 aliphatic rings. The van der Waals surface area contributed by atoms with Crippen molar-refractivity contribution in [2.24, 2.45) is 0 Å². The molecule has 1 fully saturated rings. The summed E-state index contributed by atoms with van der Waals surface area (Å²) in [5, 5.41) is 4.33. The SMILES string of the molecule is Cc1nc2ncnn2c(N(C)C)c1Cc1ccc(S(=N)(=O)C2CC2)cc1. The minimum absolute atomic E-state index is 0.0369. The summed E-state index contributed by atoms with van der Waals surface area (Å²) >= 11 is 0. The number of anilines is 1. The first kappa shape index (κ1) is 17.0. The molecule has 0 bridgehead atoms. The number of rotatable bonds is 5. The summed E-state index contributed by atoms with van der Waals surface area (Å²) in [6.45, 7) is 1.98. The first-order chi connectivity index (χ1) is 12.4. The van der Waals surface area contributed by atoms with Gasteiger partial charge >= 0.3 is 0 Å². The minimum Gasteiger partial charge on any atom is -0.362 e. The zero-order chi connectivity index (χ0) is 18.5. The van der Waals surface area contributed by atoms with Gasteiger partial charge in [0.2, 0.25) is 0 Å². The maximum Gasteiger partial charge on any atom is 0.254 e. The lowest BCUT2D eigenvalue weighted by molar-refractivity contribution is 0.673. The van der Waals surface area contributed by atoms with Crippen molar-refractivity contribution in [2.45, 2.75) is 36.3 Å². The monoisotopic (exact) mass is 370 g/mol. The smallest absolute Gasteiger partial charge is 0.254 e. The van der Waals surface area contributed by atoms with Crippen LogP contribution in [-0.4, -0.2) is 43.1 Å². The van der Waals surface area contributed by atoms with Gasteiger partial charge < -0.3 is 4.90 Å². The lowest BCUT2D eigenvalue weighted by Gasteiger charge is -2.20. The van der Waals surface area contributed by atoms with Crippen molar-refractivity contribution in [3.05, 3.63) is 47.4 Å².